The molecule has 172 valence electrons. The predicted octanol–water partition coefficient (Wildman–Crippen LogP) is 2.92. The van der Waals surface area contributed by atoms with E-state index in [4.69, 9.17) is 11.6 Å². The van der Waals surface area contributed by atoms with Crippen LogP contribution >= 0.6 is 31.0 Å². The summed E-state index contributed by atoms with van der Waals surface area (Å²) in [6.45, 7) is 0.605. The number of hydrazine groups is 1. The Balaban J connectivity index is 0.00000126. The molecule has 0 aromatic carbocycles. The Labute approximate surface area is 208 Å². The standard InChI is InChI=1S/C22H24N8O.HIS/c23-18(22(31)25-9-19-20-3-1-2-8-28(20)14-26-19)13-30(24)12-17-11-29-10-16(15-4-5-15)6-7-21(29)27-17;1-2/h1-3,6-8,10-11,13-15H,4-5,9,12,23-24H2,(H,25,31);2H/b18-13-;. The van der Waals surface area contributed by atoms with Crippen molar-refractivity contribution in [1.82, 2.24) is 29.1 Å². The fourth-order valence-electron chi connectivity index (χ4n) is 3.67. The number of fused-ring (bicyclic) bond motifs is 2. The highest BCUT2D eigenvalue weighted by Crippen LogP contribution is 2.39. The van der Waals surface area contributed by atoms with Crippen LogP contribution in [0.25, 0.3) is 11.2 Å². The Kier molecular flexibility index (Phi) is 7.40. The summed E-state index contributed by atoms with van der Waals surface area (Å²) >= 11 is 1.84. The minimum atomic E-state index is -0.406. The van der Waals surface area contributed by atoms with Crippen molar-refractivity contribution >= 4 is 48.1 Å². The Morgan fingerprint density at radius 2 is 2.06 bits per heavy atom. The second-order valence-electron chi connectivity index (χ2n) is 7.86. The van der Waals surface area contributed by atoms with Gasteiger partial charge in [0.25, 0.3) is 5.91 Å². The van der Waals surface area contributed by atoms with Crippen molar-refractivity contribution in [2.75, 3.05) is 0 Å². The van der Waals surface area contributed by atoms with Crippen LogP contribution in [0.1, 0.15) is 35.7 Å². The molecule has 5 N–H and O–H groups in total. The van der Waals surface area contributed by atoms with Crippen LogP contribution in [0.4, 0.5) is 0 Å². The van der Waals surface area contributed by atoms with E-state index in [2.05, 4.69) is 37.3 Å². The first-order chi connectivity index (χ1) is 16.1. The second-order valence-corrected chi connectivity index (χ2v) is 7.86. The maximum absolute atomic E-state index is 12.4. The van der Waals surface area contributed by atoms with Gasteiger partial charge in [0, 0.05) is 24.8 Å². The molecular weight excluding hydrogens is 551 g/mol. The van der Waals surface area contributed by atoms with Gasteiger partial charge in [0.15, 0.2) is 0 Å². The fraction of sp³-hybridized carbons (Fsp3) is 0.227. The molecule has 0 atom stereocenters. The molecule has 4 heterocycles. The number of nitrogens with one attached hydrogen (secondary N) is 1. The molecule has 0 spiro atoms. The molecule has 1 amide bonds. The van der Waals surface area contributed by atoms with Gasteiger partial charge in [-0.2, -0.15) is 0 Å². The number of carbonyl (C=O) groups excluding carboxylic acids is 1. The first-order valence-electron chi connectivity index (χ1n) is 10.4. The second kappa shape index (κ2) is 10.4. The van der Waals surface area contributed by atoms with Crippen molar-refractivity contribution in [1.29, 1.82) is 0 Å². The smallest absolute Gasteiger partial charge is 0.269 e. The zero-order chi connectivity index (χ0) is 23.4. The molecule has 1 aliphatic carbocycles. The summed E-state index contributed by atoms with van der Waals surface area (Å²) < 4.78 is 3.91. The highest BCUT2D eigenvalue weighted by molar-refractivity contribution is 14.2. The van der Waals surface area contributed by atoms with Gasteiger partial charge in [0.2, 0.25) is 0 Å². The summed E-state index contributed by atoms with van der Waals surface area (Å²) in [5.41, 5.74) is 10.7. The van der Waals surface area contributed by atoms with Crippen LogP contribution in [0.3, 0.4) is 0 Å². The molecule has 5 rings (SSSR count). The van der Waals surface area contributed by atoms with Crippen molar-refractivity contribution in [3.05, 3.63) is 84.1 Å². The lowest BCUT2D eigenvalue weighted by Crippen LogP contribution is -2.32. The summed E-state index contributed by atoms with van der Waals surface area (Å²) in [5, 5.41) is 4.15. The summed E-state index contributed by atoms with van der Waals surface area (Å²) in [5.74, 6) is 6.33. The third-order valence-electron chi connectivity index (χ3n) is 5.42. The molecule has 0 unspecified atom stereocenters. The molecule has 9 nitrogen and oxygen atoms in total. The number of thiol groups is 1. The number of imidazole rings is 2. The molecule has 0 bridgehead atoms. The van der Waals surface area contributed by atoms with Crippen LogP contribution in [-0.4, -0.2) is 29.7 Å². The normalized spacial score (nSPS) is 13.6. The van der Waals surface area contributed by atoms with E-state index in [1.807, 2.05) is 66.7 Å². The fourth-order valence-corrected chi connectivity index (χ4v) is 3.67. The molecule has 1 aliphatic rings. The number of nitrogens with zero attached hydrogens (tertiary/aromatic N) is 5. The zero-order valence-corrected chi connectivity index (χ0v) is 20.9. The van der Waals surface area contributed by atoms with E-state index in [0.717, 1.165) is 22.6 Å². The van der Waals surface area contributed by atoms with E-state index in [1.165, 1.54) is 29.6 Å². The molecular formula is C22H25IN8OS. The molecule has 33 heavy (non-hydrogen) atoms. The van der Waals surface area contributed by atoms with E-state index in [1.54, 1.807) is 6.33 Å². The topological polar surface area (TPSA) is 119 Å². The van der Waals surface area contributed by atoms with Crippen molar-refractivity contribution in [3.8, 4) is 0 Å². The predicted molar refractivity (Wildman–Crippen MR) is 139 cm³/mol. The monoisotopic (exact) mass is 576 g/mol. The lowest BCUT2D eigenvalue weighted by molar-refractivity contribution is -0.117. The lowest BCUT2D eigenvalue weighted by Gasteiger charge is -2.13. The first-order valence-corrected chi connectivity index (χ1v) is 13.6. The molecule has 11 heteroatoms. The molecule has 0 saturated heterocycles. The highest BCUT2D eigenvalue weighted by Gasteiger charge is 2.23. The molecule has 0 aliphatic heterocycles. The van der Waals surface area contributed by atoms with Gasteiger partial charge in [-0.05, 0) is 63.7 Å². The van der Waals surface area contributed by atoms with Crippen molar-refractivity contribution in [2.24, 2.45) is 11.6 Å². The number of rotatable bonds is 7. The van der Waals surface area contributed by atoms with Gasteiger partial charge < -0.3 is 24.9 Å². The van der Waals surface area contributed by atoms with Crippen molar-refractivity contribution < 1.29 is 4.79 Å². The Morgan fingerprint density at radius 1 is 1.24 bits per heavy atom. The van der Waals surface area contributed by atoms with Crippen molar-refractivity contribution in [3.63, 3.8) is 0 Å². The summed E-state index contributed by atoms with van der Waals surface area (Å²) in [7, 11) is 3.50. The van der Waals surface area contributed by atoms with Gasteiger partial charge in [-0.1, -0.05) is 12.1 Å². The van der Waals surface area contributed by atoms with Gasteiger partial charge in [-0.15, -0.1) is 9.80 Å². The van der Waals surface area contributed by atoms with Gasteiger partial charge in [-0.3, -0.25) is 4.79 Å². The maximum Gasteiger partial charge on any atom is 0.269 e. The van der Waals surface area contributed by atoms with Gasteiger partial charge in [0.05, 0.1) is 36.3 Å². The zero-order valence-electron chi connectivity index (χ0n) is 17.8. The van der Waals surface area contributed by atoms with Gasteiger partial charge in [-0.25, -0.2) is 15.8 Å². The maximum atomic E-state index is 12.4. The summed E-state index contributed by atoms with van der Waals surface area (Å²) in [6.07, 6.45) is 11.6. The third kappa shape index (κ3) is 5.60. The number of amides is 1. The Morgan fingerprint density at radius 3 is 2.85 bits per heavy atom. The summed E-state index contributed by atoms with van der Waals surface area (Å²) in [4.78, 5) is 21.3. The number of carbonyl (C=O) groups is 1. The largest absolute Gasteiger partial charge is 0.393 e. The van der Waals surface area contributed by atoms with Crippen molar-refractivity contribution in [2.45, 2.75) is 31.8 Å². The van der Waals surface area contributed by atoms with E-state index >= 15 is 0 Å². The molecule has 1 saturated carbocycles. The van der Waals surface area contributed by atoms with E-state index < -0.39 is 5.91 Å². The first kappa shape index (κ1) is 23.4. The quantitative estimate of drug-likeness (QED) is 0.0884. The minimum absolute atomic E-state index is 0.0193. The number of nitrogens with two attached hydrogens (primary N) is 2. The number of halogens is 1. The third-order valence-corrected chi connectivity index (χ3v) is 5.42. The Hall–Kier alpha value is -2.77. The van der Waals surface area contributed by atoms with Crippen LogP contribution in [-0.2, 0) is 17.9 Å². The van der Waals surface area contributed by atoms with Crippen LogP contribution in [0, 0.1) is 0 Å². The van der Waals surface area contributed by atoms with Crippen LogP contribution in [0.5, 0.6) is 0 Å². The number of hydrogen-bond acceptors (Lipinski definition) is 7. The van der Waals surface area contributed by atoms with Crippen LogP contribution in [0.2, 0.25) is 0 Å². The highest BCUT2D eigenvalue weighted by atomic mass is 127. The van der Waals surface area contributed by atoms with Crippen LogP contribution in [0.15, 0.2) is 67.1 Å². The molecule has 4 aromatic heterocycles. The van der Waals surface area contributed by atoms with Crippen LogP contribution < -0.4 is 16.9 Å². The SMILES string of the molecule is N/C(=C\N(N)Cc1cn2cc(C3CC3)ccc2n1)C(=O)NCc1ncn2ccccc12.SI. The molecule has 4 aromatic rings. The molecule has 0 radical (unpaired) electrons. The van der Waals surface area contributed by atoms with Gasteiger partial charge >= 0.3 is 0 Å². The van der Waals surface area contributed by atoms with E-state index in [-0.39, 0.29) is 12.2 Å². The van der Waals surface area contributed by atoms with E-state index in [9.17, 15) is 4.79 Å². The lowest BCUT2D eigenvalue weighted by atomic mass is 10.2. The van der Waals surface area contributed by atoms with Gasteiger partial charge in [0.1, 0.15) is 11.3 Å². The number of aromatic nitrogens is 4. The summed E-state index contributed by atoms with van der Waals surface area (Å²) in [6, 6.07) is 9.94. The minimum Gasteiger partial charge on any atom is -0.393 e. The average molecular weight is 576 g/mol. The molecule has 1 fully saturated rings. The average Bonchev–Trinajstić information content (AvgIpc) is 3.48. The number of hydrogen-bond donors (Lipinski definition) is 4. The van der Waals surface area contributed by atoms with E-state index in [0.29, 0.717) is 12.5 Å². The Bertz CT molecular complexity index is 1300. The number of pyridine rings is 2.